The molecular weight excluding hydrogens is 741 g/mol. The molecule has 2 heterocycles. The third-order valence-corrected chi connectivity index (χ3v) is 12.2. The minimum atomic E-state index is 0.870. The van der Waals surface area contributed by atoms with Gasteiger partial charge >= 0.3 is 0 Å². The fourth-order valence-electron chi connectivity index (χ4n) is 9.46. The van der Waals surface area contributed by atoms with E-state index in [0.29, 0.717) is 0 Å². The number of rotatable bonds is 7. The van der Waals surface area contributed by atoms with E-state index in [1.165, 1.54) is 43.9 Å². The van der Waals surface area contributed by atoms with Gasteiger partial charge in [0.15, 0.2) is 0 Å². The first-order valence-corrected chi connectivity index (χ1v) is 20.8. The van der Waals surface area contributed by atoms with Crippen molar-refractivity contribution in [2.24, 2.45) is 0 Å². The van der Waals surface area contributed by atoms with E-state index in [0.717, 1.165) is 66.8 Å². The number of fused-ring (bicyclic) bond motifs is 7. The van der Waals surface area contributed by atoms with E-state index in [-0.39, 0.29) is 0 Å². The first-order valence-electron chi connectivity index (χ1n) is 20.8. The monoisotopic (exact) mass is 778 g/mol. The molecule has 0 aliphatic carbocycles. The molecule has 2 aromatic heterocycles. The molecule has 12 aromatic rings. The number of anilines is 3. The van der Waals surface area contributed by atoms with Gasteiger partial charge in [0.2, 0.25) is 0 Å². The first-order chi connectivity index (χ1) is 30.3. The van der Waals surface area contributed by atoms with Crippen molar-refractivity contribution in [1.82, 2.24) is 4.57 Å². The molecule has 12 rings (SSSR count). The maximum atomic E-state index is 6.38. The minimum absolute atomic E-state index is 0.870. The highest BCUT2D eigenvalue weighted by molar-refractivity contribution is 6.19. The smallest absolute Gasteiger partial charge is 0.135 e. The van der Waals surface area contributed by atoms with Crippen molar-refractivity contribution in [3.63, 3.8) is 0 Å². The summed E-state index contributed by atoms with van der Waals surface area (Å²) in [5.74, 6) is 0. The Morgan fingerprint density at radius 1 is 0.328 bits per heavy atom. The van der Waals surface area contributed by atoms with Crippen LogP contribution in [0.3, 0.4) is 0 Å². The van der Waals surface area contributed by atoms with E-state index >= 15 is 0 Å². The summed E-state index contributed by atoms with van der Waals surface area (Å²) in [5, 5.41) is 7.01. The molecule has 0 aliphatic heterocycles. The largest absolute Gasteiger partial charge is 0.456 e. The summed E-state index contributed by atoms with van der Waals surface area (Å²) < 4.78 is 8.77. The maximum absolute atomic E-state index is 6.38. The number of para-hydroxylation sites is 3. The SMILES string of the molecule is c1ccc(-c2ccc(-c3ccccc3)c(N(c3ccc4oc5ccccc5c4c3)c3ccc(-c4cccc5c4c4ccccc4n5-c4ccccc4)c4ccccc34)c2)cc1. The average molecular weight is 779 g/mol. The second kappa shape index (κ2) is 14.3. The minimum Gasteiger partial charge on any atom is -0.456 e. The summed E-state index contributed by atoms with van der Waals surface area (Å²) in [6.45, 7) is 0. The van der Waals surface area contributed by atoms with E-state index in [1.54, 1.807) is 0 Å². The molecule has 0 saturated carbocycles. The van der Waals surface area contributed by atoms with Gasteiger partial charge in [0, 0.05) is 43.9 Å². The highest BCUT2D eigenvalue weighted by Gasteiger charge is 2.24. The van der Waals surface area contributed by atoms with Gasteiger partial charge in [0.25, 0.3) is 0 Å². The molecule has 3 heteroatoms. The molecule has 0 bridgehead atoms. The van der Waals surface area contributed by atoms with Gasteiger partial charge in [-0.25, -0.2) is 0 Å². The van der Waals surface area contributed by atoms with E-state index in [4.69, 9.17) is 4.42 Å². The molecule has 286 valence electrons. The second-order valence-electron chi connectivity index (χ2n) is 15.6. The number of benzene rings is 10. The van der Waals surface area contributed by atoms with Crippen LogP contribution in [0.5, 0.6) is 0 Å². The van der Waals surface area contributed by atoms with Crippen LogP contribution in [0.15, 0.2) is 235 Å². The van der Waals surface area contributed by atoms with Gasteiger partial charge < -0.3 is 13.9 Å². The van der Waals surface area contributed by atoms with Crippen LogP contribution in [0.2, 0.25) is 0 Å². The maximum Gasteiger partial charge on any atom is 0.135 e. The van der Waals surface area contributed by atoms with Gasteiger partial charge in [-0.15, -0.1) is 0 Å². The first kappa shape index (κ1) is 34.9. The lowest BCUT2D eigenvalue weighted by molar-refractivity contribution is 0.669. The highest BCUT2D eigenvalue weighted by atomic mass is 16.3. The van der Waals surface area contributed by atoms with Gasteiger partial charge in [-0.05, 0) is 93.9 Å². The molecule has 10 aromatic carbocycles. The van der Waals surface area contributed by atoms with Crippen molar-refractivity contribution >= 4 is 71.6 Å². The van der Waals surface area contributed by atoms with Crippen LogP contribution in [0, 0.1) is 0 Å². The fraction of sp³-hybridized carbons (Fsp3) is 0. The van der Waals surface area contributed by atoms with Crippen LogP contribution in [0.4, 0.5) is 17.1 Å². The van der Waals surface area contributed by atoms with Crippen LogP contribution >= 0.6 is 0 Å². The highest BCUT2D eigenvalue weighted by Crippen LogP contribution is 2.49. The Hall–Kier alpha value is -8.14. The number of aromatic nitrogens is 1. The lowest BCUT2D eigenvalue weighted by Gasteiger charge is -2.30. The predicted octanol–water partition coefficient (Wildman–Crippen LogP) is 16.3. The van der Waals surface area contributed by atoms with Crippen LogP contribution in [-0.4, -0.2) is 4.57 Å². The molecule has 0 spiro atoms. The van der Waals surface area contributed by atoms with Gasteiger partial charge in [0.05, 0.1) is 22.4 Å². The third kappa shape index (κ3) is 5.74. The fourth-order valence-corrected chi connectivity index (χ4v) is 9.46. The molecule has 0 atom stereocenters. The molecular formula is C58H38N2O. The summed E-state index contributed by atoms with van der Waals surface area (Å²) >= 11 is 0. The Bertz CT molecular complexity index is 3580. The van der Waals surface area contributed by atoms with Crippen molar-refractivity contribution in [3.05, 3.63) is 231 Å². The Labute approximate surface area is 353 Å². The van der Waals surface area contributed by atoms with Crippen molar-refractivity contribution in [2.75, 3.05) is 4.90 Å². The molecule has 0 radical (unpaired) electrons. The predicted molar refractivity (Wildman–Crippen MR) is 257 cm³/mol. The molecule has 0 saturated heterocycles. The van der Waals surface area contributed by atoms with Crippen LogP contribution in [0.1, 0.15) is 0 Å². The van der Waals surface area contributed by atoms with Crippen molar-refractivity contribution in [1.29, 1.82) is 0 Å². The van der Waals surface area contributed by atoms with Crippen molar-refractivity contribution in [2.45, 2.75) is 0 Å². The Kier molecular flexibility index (Phi) is 8.17. The van der Waals surface area contributed by atoms with Crippen molar-refractivity contribution < 1.29 is 4.42 Å². The Morgan fingerprint density at radius 3 is 1.75 bits per heavy atom. The number of hydrogen-bond donors (Lipinski definition) is 0. The Balaban J connectivity index is 1.15. The lowest BCUT2D eigenvalue weighted by Crippen LogP contribution is -2.12. The zero-order valence-corrected chi connectivity index (χ0v) is 33.2. The second-order valence-corrected chi connectivity index (χ2v) is 15.6. The molecule has 61 heavy (non-hydrogen) atoms. The van der Waals surface area contributed by atoms with Gasteiger partial charge in [-0.1, -0.05) is 170 Å². The molecule has 0 amide bonds. The van der Waals surface area contributed by atoms with Crippen LogP contribution in [0.25, 0.3) is 93.6 Å². The van der Waals surface area contributed by atoms with E-state index in [9.17, 15) is 0 Å². The summed E-state index contributed by atoms with van der Waals surface area (Å²) in [6, 6.07) is 83.1. The summed E-state index contributed by atoms with van der Waals surface area (Å²) in [5.41, 5.74) is 15.5. The van der Waals surface area contributed by atoms with E-state index in [2.05, 4.69) is 228 Å². The summed E-state index contributed by atoms with van der Waals surface area (Å²) in [7, 11) is 0. The molecule has 3 nitrogen and oxygen atoms in total. The zero-order chi connectivity index (χ0) is 40.3. The molecule has 0 fully saturated rings. The van der Waals surface area contributed by atoms with E-state index < -0.39 is 0 Å². The topological polar surface area (TPSA) is 21.3 Å². The van der Waals surface area contributed by atoms with Crippen molar-refractivity contribution in [3.8, 4) is 39.1 Å². The number of nitrogens with zero attached hydrogens (tertiary/aromatic N) is 2. The Morgan fingerprint density at radius 2 is 0.951 bits per heavy atom. The molecule has 0 unspecified atom stereocenters. The molecule has 0 N–H and O–H groups in total. The van der Waals surface area contributed by atoms with E-state index in [1.807, 2.05) is 12.1 Å². The molecule has 0 aliphatic rings. The quantitative estimate of drug-likeness (QED) is 0.161. The van der Waals surface area contributed by atoms with Crippen LogP contribution in [-0.2, 0) is 0 Å². The average Bonchev–Trinajstić information content (AvgIpc) is 3.88. The summed E-state index contributed by atoms with van der Waals surface area (Å²) in [6.07, 6.45) is 0. The lowest BCUT2D eigenvalue weighted by atomic mass is 9.92. The zero-order valence-electron chi connectivity index (χ0n) is 33.2. The summed E-state index contributed by atoms with van der Waals surface area (Å²) in [4.78, 5) is 2.46. The third-order valence-electron chi connectivity index (χ3n) is 12.2. The van der Waals surface area contributed by atoms with Gasteiger partial charge in [-0.3, -0.25) is 0 Å². The normalized spacial score (nSPS) is 11.6. The van der Waals surface area contributed by atoms with Gasteiger partial charge in [-0.2, -0.15) is 0 Å². The van der Waals surface area contributed by atoms with Gasteiger partial charge in [0.1, 0.15) is 11.2 Å². The standard InChI is InChI=1S/C58H38N2O/c1-4-17-39(18-5-1)41-31-33-44(40-19-6-2-7-20-40)55(37-41)60(43-32-36-57-51(38-43)48-25-13-15-30-56(48)61-57)53-35-34-46(45-23-10-11-24-47(45)53)49-27-16-29-54-58(49)50-26-12-14-28-52(50)59(54)42-21-8-3-9-22-42/h1-38H. The number of hydrogen-bond acceptors (Lipinski definition) is 2. The van der Waals surface area contributed by atoms with Crippen LogP contribution < -0.4 is 4.90 Å². The number of furan rings is 1.